The Bertz CT molecular complexity index is 963. The average molecular weight is 316 g/mol. The molecule has 0 aliphatic heterocycles. The van der Waals surface area contributed by atoms with E-state index >= 15 is 0 Å². The largest absolute Gasteiger partial charge is 0.545 e. The van der Waals surface area contributed by atoms with Gasteiger partial charge >= 0.3 is 0 Å². The maximum atomic E-state index is 12.3. The summed E-state index contributed by atoms with van der Waals surface area (Å²) in [6.07, 6.45) is 1.62. The third-order valence-corrected chi connectivity index (χ3v) is 4.45. The molecule has 0 bridgehead atoms. The molecular weight excluding hydrogens is 306 g/mol. The second-order valence-corrected chi connectivity index (χ2v) is 6.28. The summed E-state index contributed by atoms with van der Waals surface area (Å²) in [4.78, 5) is 10.7. The van der Waals surface area contributed by atoms with Gasteiger partial charge in [-0.3, -0.25) is 9.82 Å². The zero-order valence-electron chi connectivity index (χ0n) is 11.1. The number of anilines is 1. The maximum Gasteiger partial charge on any atom is 0.261 e. The van der Waals surface area contributed by atoms with Crippen molar-refractivity contribution >= 4 is 32.6 Å². The third kappa shape index (κ3) is 2.63. The van der Waals surface area contributed by atoms with Crippen LogP contribution in [0, 0.1) is 0 Å². The number of aromatic carboxylic acids is 1. The molecule has 0 aliphatic rings. The third-order valence-electron chi connectivity index (χ3n) is 3.07. The van der Waals surface area contributed by atoms with Crippen molar-refractivity contribution in [2.45, 2.75) is 4.90 Å². The van der Waals surface area contributed by atoms with Crippen LogP contribution in [0.1, 0.15) is 10.4 Å². The van der Waals surface area contributed by atoms with Gasteiger partial charge in [0.05, 0.1) is 28.3 Å². The molecule has 0 unspecified atom stereocenters. The van der Waals surface area contributed by atoms with E-state index in [2.05, 4.69) is 14.9 Å². The van der Waals surface area contributed by atoms with Crippen LogP contribution in [0.3, 0.4) is 0 Å². The minimum Gasteiger partial charge on any atom is -0.545 e. The van der Waals surface area contributed by atoms with Crippen molar-refractivity contribution in [1.29, 1.82) is 0 Å². The summed E-state index contributed by atoms with van der Waals surface area (Å²) < 4.78 is 27.0. The number of carboxylic acid groups (broad SMARTS) is 1. The Labute approximate surface area is 125 Å². The van der Waals surface area contributed by atoms with Crippen LogP contribution in [0.5, 0.6) is 0 Å². The molecule has 112 valence electrons. The molecule has 0 amide bonds. The second-order valence-electron chi connectivity index (χ2n) is 4.59. The Hall–Kier alpha value is -2.87. The molecule has 0 radical (unpaired) electrons. The molecule has 2 N–H and O–H groups in total. The minimum atomic E-state index is -3.90. The van der Waals surface area contributed by atoms with Gasteiger partial charge in [-0.05, 0) is 35.9 Å². The van der Waals surface area contributed by atoms with Crippen LogP contribution in [-0.4, -0.2) is 24.6 Å². The molecule has 0 atom stereocenters. The first-order valence-corrected chi connectivity index (χ1v) is 7.71. The zero-order valence-corrected chi connectivity index (χ0v) is 11.9. The Morgan fingerprint density at radius 1 is 1.18 bits per heavy atom. The monoisotopic (exact) mass is 316 g/mol. The van der Waals surface area contributed by atoms with E-state index in [1.807, 2.05) is 0 Å². The van der Waals surface area contributed by atoms with Crippen molar-refractivity contribution in [1.82, 2.24) is 10.2 Å². The molecule has 8 heteroatoms. The first-order valence-electron chi connectivity index (χ1n) is 6.23. The van der Waals surface area contributed by atoms with E-state index in [9.17, 15) is 18.3 Å². The number of nitrogens with one attached hydrogen (secondary N) is 2. The molecule has 0 spiro atoms. The summed E-state index contributed by atoms with van der Waals surface area (Å²) in [5.41, 5.74) is 0.825. The first kappa shape index (κ1) is 14.1. The molecule has 0 saturated heterocycles. The molecular formula is C14H10N3O4S-. The lowest BCUT2D eigenvalue weighted by atomic mass is 10.2. The smallest absolute Gasteiger partial charge is 0.261 e. The number of H-pyrrole nitrogens is 1. The number of nitrogens with zero attached hydrogens (tertiary/aromatic N) is 1. The van der Waals surface area contributed by atoms with Gasteiger partial charge in [0, 0.05) is 5.39 Å². The summed E-state index contributed by atoms with van der Waals surface area (Å²) in [5, 5.41) is 18.3. The number of carbonyl (C=O) groups excluding carboxylic acids is 1. The van der Waals surface area contributed by atoms with Crippen LogP contribution in [0.15, 0.2) is 53.6 Å². The lowest BCUT2D eigenvalue weighted by Crippen LogP contribution is -2.23. The van der Waals surface area contributed by atoms with Gasteiger partial charge in [0.1, 0.15) is 0 Å². The van der Waals surface area contributed by atoms with Crippen molar-refractivity contribution in [3.8, 4) is 0 Å². The van der Waals surface area contributed by atoms with Crippen LogP contribution in [-0.2, 0) is 10.0 Å². The molecule has 7 nitrogen and oxygen atoms in total. The summed E-state index contributed by atoms with van der Waals surface area (Å²) in [6.45, 7) is 0. The van der Waals surface area contributed by atoms with Crippen molar-refractivity contribution in [3.63, 3.8) is 0 Å². The summed E-state index contributed by atoms with van der Waals surface area (Å²) >= 11 is 0. The van der Waals surface area contributed by atoms with Gasteiger partial charge in [-0.2, -0.15) is 5.10 Å². The molecule has 0 saturated carbocycles. The Balaban J connectivity index is 1.95. The van der Waals surface area contributed by atoms with Crippen LogP contribution >= 0.6 is 0 Å². The number of hydrogen-bond acceptors (Lipinski definition) is 5. The van der Waals surface area contributed by atoms with Gasteiger partial charge in [-0.25, -0.2) is 8.42 Å². The van der Waals surface area contributed by atoms with Crippen LogP contribution in [0.4, 0.5) is 5.69 Å². The SMILES string of the molecule is O=C([O-])c1cccc(S(=O)(=O)Nc2ccc3cn[nH]c3c2)c1. The Morgan fingerprint density at radius 3 is 2.77 bits per heavy atom. The average Bonchev–Trinajstić information content (AvgIpc) is 2.94. The van der Waals surface area contributed by atoms with Gasteiger partial charge < -0.3 is 9.90 Å². The van der Waals surface area contributed by atoms with E-state index in [0.717, 1.165) is 11.5 Å². The molecule has 0 fully saturated rings. The van der Waals surface area contributed by atoms with Gasteiger partial charge in [0.25, 0.3) is 10.0 Å². The standard InChI is InChI=1S/C14H11N3O4S/c18-14(19)9-2-1-3-12(6-9)22(20,21)17-11-5-4-10-8-15-16-13(10)7-11/h1-8,17H,(H,15,16)(H,18,19)/p-1. The number of carboxylic acids is 1. The minimum absolute atomic E-state index is 0.154. The van der Waals surface area contributed by atoms with E-state index in [0.29, 0.717) is 11.2 Å². The molecule has 2 aromatic carbocycles. The predicted molar refractivity (Wildman–Crippen MR) is 77.7 cm³/mol. The topological polar surface area (TPSA) is 115 Å². The normalized spacial score (nSPS) is 11.5. The highest BCUT2D eigenvalue weighted by molar-refractivity contribution is 7.92. The van der Waals surface area contributed by atoms with E-state index in [-0.39, 0.29) is 10.5 Å². The number of aromatic amines is 1. The fraction of sp³-hybridized carbons (Fsp3) is 0. The van der Waals surface area contributed by atoms with Crippen molar-refractivity contribution in [2.75, 3.05) is 4.72 Å². The highest BCUT2D eigenvalue weighted by atomic mass is 32.2. The van der Waals surface area contributed by atoms with Gasteiger partial charge in [-0.15, -0.1) is 0 Å². The Kier molecular flexibility index (Phi) is 3.30. The first-order chi connectivity index (χ1) is 10.5. The number of hydrogen-bond donors (Lipinski definition) is 2. The Morgan fingerprint density at radius 2 is 2.00 bits per heavy atom. The maximum absolute atomic E-state index is 12.3. The zero-order chi connectivity index (χ0) is 15.7. The predicted octanol–water partition coefficient (Wildman–Crippen LogP) is 0.727. The van der Waals surface area contributed by atoms with Crippen molar-refractivity contribution < 1.29 is 18.3 Å². The number of rotatable bonds is 4. The fourth-order valence-corrected chi connectivity index (χ4v) is 3.10. The quantitative estimate of drug-likeness (QED) is 0.736. The lowest BCUT2D eigenvalue weighted by molar-refractivity contribution is -0.255. The number of carbonyl (C=O) groups is 1. The lowest BCUT2D eigenvalue weighted by Gasteiger charge is -2.10. The second kappa shape index (κ2) is 5.15. The highest BCUT2D eigenvalue weighted by Gasteiger charge is 2.15. The number of fused-ring (bicyclic) bond motifs is 1. The van der Waals surface area contributed by atoms with E-state index in [1.54, 1.807) is 24.4 Å². The number of benzene rings is 2. The summed E-state index contributed by atoms with van der Waals surface area (Å²) in [6, 6.07) is 9.88. The number of aromatic nitrogens is 2. The molecule has 0 aliphatic carbocycles. The number of sulfonamides is 1. The summed E-state index contributed by atoms with van der Waals surface area (Å²) in [7, 11) is -3.90. The summed E-state index contributed by atoms with van der Waals surface area (Å²) in [5.74, 6) is -1.43. The van der Waals surface area contributed by atoms with Crippen LogP contribution < -0.4 is 9.83 Å². The van der Waals surface area contributed by atoms with E-state index < -0.39 is 16.0 Å². The van der Waals surface area contributed by atoms with Gasteiger partial charge in [-0.1, -0.05) is 12.1 Å². The van der Waals surface area contributed by atoms with Crippen molar-refractivity contribution in [2.24, 2.45) is 0 Å². The van der Waals surface area contributed by atoms with Gasteiger partial charge in [0.15, 0.2) is 0 Å². The highest BCUT2D eigenvalue weighted by Crippen LogP contribution is 2.20. The fourth-order valence-electron chi connectivity index (χ4n) is 2.00. The molecule has 22 heavy (non-hydrogen) atoms. The van der Waals surface area contributed by atoms with E-state index in [1.165, 1.54) is 18.2 Å². The van der Waals surface area contributed by atoms with Gasteiger partial charge in [0.2, 0.25) is 0 Å². The van der Waals surface area contributed by atoms with E-state index in [4.69, 9.17) is 0 Å². The molecule has 1 aromatic heterocycles. The molecule has 3 rings (SSSR count). The van der Waals surface area contributed by atoms with Crippen LogP contribution in [0.25, 0.3) is 10.9 Å². The van der Waals surface area contributed by atoms with Crippen LogP contribution in [0.2, 0.25) is 0 Å². The molecule has 3 aromatic rings. The molecule has 1 heterocycles. The van der Waals surface area contributed by atoms with Crippen molar-refractivity contribution in [3.05, 3.63) is 54.2 Å².